The van der Waals surface area contributed by atoms with Gasteiger partial charge in [-0.3, -0.25) is 0 Å². The van der Waals surface area contributed by atoms with Gasteiger partial charge in [-0.15, -0.1) is 0 Å². The number of ether oxygens (including phenoxy) is 3. The van der Waals surface area contributed by atoms with Gasteiger partial charge in [0.15, 0.2) is 11.6 Å². The first-order valence-corrected chi connectivity index (χ1v) is 5.90. The first kappa shape index (κ1) is 14.7. The van der Waals surface area contributed by atoms with E-state index in [-0.39, 0.29) is 5.75 Å². The van der Waals surface area contributed by atoms with Crippen molar-refractivity contribution >= 4 is 5.69 Å². The van der Waals surface area contributed by atoms with E-state index in [1.54, 1.807) is 13.2 Å². The van der Waals surface area contributed by atoms with Crippen molar-refractivity contribution in [1.29, 1.82) is 0 Å². The van der Waals surface area contributed by atoms with Crippen molar-refractivity contribution in [2.45, 2.75) is 13.3 Å². The second-order valence-corrected chi connectivity index (χ2v) is 3.95. The van der Waals surface area contributed by atoms with Gasteiger partial charge >= 0.3 is 0 Å². The molecule has 0 unspecified atom stereocenters. The number of methoxy groups -OCH3 is 1. The zero-order chi connectivity index (χ0) is 13.4. The average molecular weight is 257 g/mol. The van der Waals surface area contributed by atoms with Crippen LogP contribution in [0.1, 0.15) is 12.0 Å². The monoisotopic (exact) mass is 257 g/mol. The number of benzene rings is 1. The Morgan fingerprint density at radius 2 is 1.94 bits per heavy atom. The molecule has 1 rings (SSSR count). The van der Waals surface area contributed by atoms with Gasteiger partial charge in [0.05, 0.1) is 6.61 Å². The second-order valence-electron chi connectivity index (χ2n) is 3.95. The van der Waals surface area contributed by atoms with Crippen molar-refractivity contribution in [2.24, 2.45) is 0 Å². The predicted molar refractivity (Wildman–Crippen MR) is 68.4 cm³/mol. The van der Waals surface area contributed by atoms with Crippen molar-refractivity contribution in [3.8, 4) is 5.75 Å². The van der Waals surface area contributed by atoms with Gasteiger partial charge in [-0.05, 0) is 25.0 Å². The van der Waals surface area contributed by atoms with Gasteiger partial charge in [0.25, 0.3) is 0 Å². The van der Waals surface area contributed by atoms with Gasteiger partial charge in [-0.1, -0.05) is 0 Å². The van der Waals surface area contributed by atoms with Crippen molar-refractivity contribution in [2.75, 3.05) is 39.3 Å². The highest BCUT2D eigenvalue weighted by atomic mass is 19.1. The van der Waals surface area contributed by atoms with Crippen LogP contribution in [-0.2, 0) is 9.47 Å². The Morgan fingerprint density at radius 3 is 2.67 bits per heavy atom. The number of halogens is 1. The van der Waals surface area contributed by atoms with Crippen LogP contribution in [0.4, 0.5) is 10.1 Å². The minimum atomic E-state index is -0.447. The van der Waals surface area contributed by atoms with Crippen molar-refractivity contribution in [3.63, 3.8) is 0 Å². The molecular weight excluding hydrogens is 237 g/mol. The van der Waals surface area contributed by atoms with E-state index in [0.29, 0.717) is 32.1 Å². The molecule has 0 aromatic heterocycles. The third kappa shape index (κ3) is 4.89. The molecule has 18 heavy (non-hydrogen) atoms. The second kappa shape index (κ2) is 7.89. The number of hydrogen-bond acceptors (Lipinski definition) is 4. The number of rotatable bonds is 8. The summed E-state index contributed by atoms with van der Waals surface area (Å²) in [5.74, 6) is -0.236. The van der Waals surface area contributed by atoms with Gasteiger partial charge < -0.3 is 19.9 Å². The van der Waals surface area contributed by atoms with Crippen molar-refractivity contribution in [3.05, 3.63) is 23.5 Å². The molecular formula is C13H20FNO3. The highest BCUT2D eigenvalue weighted by Gasteiger charge is 2.06. The zero-order valence-electron chi connectivity index (χ0n) is 10.9. The number of nitrogens with two attached hydrogens (primary N) is 1. The lowest BCUT2D eigenvalue weighted by molar-refractivity contribution is 0.0797. The summed E-state index contributed by atoms with van der Waals surface area (Å²) in [6, 6.07) is 2.86. The van der Waals surface area contributed by atoms with E-state index in [2.05, 4.69) is 0 Å². The van der Waals surface area contributed by atoms with Gasteiger partial charge in [-0.25, -0.2) is 4.39 Å². The average Bonchev–Trinajstić information content (AvgIpc) is 2.34. The summed E-state index contributed by atoms with van der Waals surface area (Å²) in [7, 11) is 1.65. The highest BCUT2D eigenvalue weighted by molar-refractivity contribution is 5.50. The maximum Gasteiger partial charge on any atom is 0.167 e. The van der Waals surface area contributed by atoms with Crippen LogP contribution in [-0.4, -0.2) is 33.5 Å². The summed E-state index contributed by atoms with van der Waals surface area (Å²) >= 11 is 0. The van der Waals surface area contributed by atoms with E-state index >= 15 is 0 Å². The Hall–Kier alpha value is -1.33. The molecule has 1 aromatic carbocycles. The lowest BCUT2D eigenvalue weighted by Gasteiger charge is -2.10. The van der Waals surface area contributed by atoms with E-state index in [9.17, 15) is 4.39 Å². The standard InChI is InChI=1S/C13H20FNO3/c1-10-8-13(11(14)9-12(10)15)18-7-6-17-5-3-4-16-2/h8-9H,3-7,15H2,1-2H3. The molecule has 0 aliphatic rings. The lowest BCUT2D eigenvalue weighted by atomic mass is 10.2. The van der Waals surface area contributed by atoms with E-state index in [1.807, 2.05) is 6.92 Å². The maximum absolute atomic E-state index is 13.4. The van der Waals surface area contributed by atoms with Crippen LogP contribution < -0.4 is 10.5 Å². The van der Waals surface area contributed by atoms with Crippen LogP contribution in [0.3, 0.4) is 0 Å². The van der Waals surface area contributed by atoms with Crippen LogP contribution in [0.25, 0.3) is 0 Å². The molecule has 0 saturated carbocycles. The van der Waals surface area contributed by atoms with Crippen molar-refractivity contribution < 1.29 is 18.6 Å². The number of aryl methyl sites for hydroxylation is 1. The molecule has 5 heteroatoms. The summed E-state index contributed by atoms with van der Waals surface area (Å²) in [4.78, 5) is 0. The largest absolute Gasteiger partial charge is 0.488 e. The zero-order valence-corrected chi connectivity index (χ0v) is 10.9. The molecule has 0 aliphatic heterocycles. The highest BCUT2D eigenvalue weighted by Crippen LogP contribution is 2.23. The molecule has 2 N–H and O–H groups in total. The third-order valence-electron chi connectivity index (χ3n) is 2.44. The van der Waals surface area contributed by atoms with Gasteiger partial charge in [0.1, 0.15) is 6.61 Å². The van der Waals surface area contributed by atoms with Gasteiger partial charge in [0.2, 0.25) is 0 Å². The molecule has 0 spiro atoms. The fourth-order valence-corrected chi connectivity index (χ4v) is 1.40. The minimum absolute atomic E-state index is 0.210. The van der Waals surface area contributed by atoms with Crippen LogP contribution in [0.2, 0.25) is 0 Å². The van der Waals surface area contributed by atoms with E-state index < -0.39 is 5.82 Å². The Balaban J connectivity index is 2.25. The predicted octanol–water partition coefficient (Wildman–Crippen LogP) is 2.15. The maximum atomic E-state index is 13.4. The van der Waals surface area contributed by atoms with E-state index in [1.165, 1.54) is 6.07 Å². The molecule has 102 valence electrons. The summed E-state index contributed by atoms with van der Waals surface area (Å²) in [5.41, 5.74) is 6.81. The van der Waals surface area contributed by atoms with Crippen LogP contribution in [0.15, 0.2) is 12.1 Å². The third-order valence-corrected chi connectivity index (χ3v) is 2.44. The Morgan fingerprint density at radius 1 is 1.17 bits per heavy atom. The quantitative estimate of drug-likeness (QED) is 0.572. The van der Waals surface area contributed by atoms with E-state index in [4.69, 9.17) is 19.9 Å². The Labute approximate surface area is 107 Å². The number of hydrogen-bond donors (Lipinski definition) is 1. The van der Waals surface area contributed by atoms with E-state index in [0.717, 1.165) is 12.0 Å². The van der Waals surface area contributed by atoms with Crippen LogP contribution in [0, 0.1) is 12.7 Å². The van der Waals surface area contributed by atoms with Gasteiger partial charge in [0, 0.05) is 32.1 Å². The molecule has 0 bridgehead atoms. The molecule has 0 radical (unpaired) electrons. The molecule has 0 saturated heterocycles. The van der Waals surface area contributed by atoms with Crippen molar-refractivity contribution in [1.82, 2.24) is 0 Å². The number of nitrogen functional groups attached to an aromatic ring is 1. The Bertz CT molecular complexity index is 371. The molecule has 1 aromatic rings. The summed E-state index contributed by atoms with van der Waals surface area (Å²) in [6.07, 6.45) is 0.839. The topological polar surface area (TPSA) is 53.7 Å². The fraction of sp³-hybridized carbons (Fsp3) is 0.538. The van der Waals surface area contributed by atoms with Gasteiger partial charge in [-0.2, -0.15) is 0 Å². The molecule has 0 fully saturated rings. The molecule has 0 heterocycles. The number of anilines is 1. The summed E-state index contributed by atoms with van der Waals surface area (Å²) in [6.45, 7) is 3.83. The van der Waals surface area contributed by atoms with Crippen LogP contribution >= 0.6 is 0 Å². The molecule has 4 nitrogen and oxygen atoms in total. The normalized spacial score (nSPS) is 10.6. The Kier molecular flexibility index (Phi) is 6.46. The SMILES string of the molecule is COCCCOCCOc1cc(C)c(N)cc1F. The molecule has 0 atom stereocenters. The molecule has 0 amide bonds. The smallest absolute Gasteiger partial charge is 0.167 e. The first-order valence-electron chi connectivity index (χ1n) is 5.90. The fourth-order valence-electron chi connectivity index (χ4n) is 1.40. The first-order chi connectivity index (χ1) is 8.65. The van der Waals surface area contributed by atoms with Crippen LogP contribution in [0.5, 0.6) is 5.75 Å². The minimum Gasteiger partial charge on any atom is -0.488 e. The lowest BCUT2D eigenvalue weighted by Crippen LogP contribution is -2.09. The summed E-state index contributed by atoms with van der Waals surface area (Å²) < 4.78 is 28.9. The summed E-state index contributed by atoms with van der Waals surface area (Å²) in [5, 5.41) is 0. The molecule has 0 aliphatic carbocycles.